The van der Waals surface area contributed by atoms with E-state index in [4.69, 9.17) is 0 Å². The Balaban J connectivity index is 2.24. The quantitative estimate of drug-likeness (QED) is 0.853. The van der Waals surface area contributed by atoms with Gasteiger partial charge in [-0.3, -0.25) is 4.79 Å². The molecular weight excluding hydrogens is 262 g/mol. The second kappa shape index (κ2) is 6.55. The van der Waals surface area contributed by atoms with Crippen molar-refractivity contribution in [1.29, 1.82) is 0 Å². The number of aliphatic carboxylic acids is 1. The summed E-state index contributed by atoms with van der Waals surface area (Å²) in [6.07, 6.45) is 0. The van der Waals surface area contributed by atoms with Gasteiger partial charge in [0, 0.05) is 6.54 Å². The number of hydrogen-bond donors (Lipinski definition) is 2. The predicted molar refractivity (Wildman–Crippen MR) is 84.1 cm³/mol. The molecule has 0 fully saturated rings. The third-order valence-corrected chi connectivity index (χ3v) is 3.59. The molecule has 2 aromatic rings. The van der Waals surface area contributed by atoms with Crippen LogP contribution in [0.2, 0.25) is 0 Å². The third-order valence-electron chi connectivity index (χ3n) is 3.59. The number of rotatable bonds is 6. The van der Waals surface area contributed by atoms with E-state index in [1.54, 1.807) is 13.8 Å². The summed E-state index contributed by atoms with van der Waals surface area (Å²) in [5.41, 5.74) is 1.46. The monoisotopic (exact) mass is 283 g/mol. The van der Waals surface area contributed by atoms with Crippen molar-refractivity contribution < 1.29 is 9.90 Å². The minimum atomic E-state index is -0.804. The van der Waals surface area contributed by atoms with Crippen LogP contribution in [0.15, 0.2) is 60.7 Å². The van der Waals surface area contributed by atoms with Crippen molar-refractivity contribution >= 4 is 5.97 Å². The summed E-state index contributed by atoms with van der Waals surface area (Å²) in [7, 11) is 0. The molecule has 0 saturated carbocycles. The SMILES string of the molecule is CC(C)(CNC(c1ccccc1)c1ccccc1)C(=O)O. The molecule has 0 heterocycles. The second-order valence-electron chi connectivity index (χ2n) is 5.82. The van der Waals surface area contributed by atoms with E-state index in [0.29, 0.717) is 6.54 Å². The summed E-state index contributed by atoms with van der Waals surface area (Å²) in [6.45, 7) is 3.86. The standard InChI is InChI=1S/C18H21NO2/c1-18(2,17(20)21)13-19-16(14-9-5-3-6-10-14)15-11-7-4-8-12-15/h3-12,16,19H,13H2,1-2H3,(H,20,21). The summed E-state index contributed by atoms with van der Waals surface area (Å²) < 4.78 is 0. The Bertz CT molecular complexity index is 539. The first-order valence-corrected chi connectivity index (χ1v) is 7.07. The van der Waals surface area contributed by atoms with Crippen LogP contribution in [0.25, 0.3) is 0 Å². The largest absolute Gasteiger partial charge is 0.481 e. The molecule has 0 aromatic heterocycles. The van der Waals surface area contributed by atoms with Gasteiger partial charge in [-0.25, -0.2) is 0 Å². The number of carboxylic acids is 1. The fourth-order valence-electron chi connectivity index (χ4n) is 2.15. The second-order valence-corrected chi connectivity index (χ2v) is 5.82. The molecule has 2 aromatic carbocycles. The summed E-state index contributed by atoms with van der Waals surface area (Å²) in [5.74, 6) is -0.796. The van der Waals surface area contributed by atoms with Crippen LogP contribution in [0.3, 0.4) is 0 Å². The predicted octanol–water partition coefficient (Wildman–Crippen LogP) is 3.48. The number of carbonyl (C=O) groups is 1. The van der Waals surface area contributed by atoms with E-state index in [1.165, 1.54) is 0 Å². The van der Waals surface area contributed by atoms with Crippen molar-refractivity contribution in [3.63, 3.8) is 0 Å². The van der Waals surface area contributed by atoms with Gasteiger partial charge >= 0.3 is 5.97 Å². The van der Waals surface area contributed by atoms with Crippen LogP contribution in [0.1, 0.15) is 31.0 Å². The van der Waals surface area contributed by atoms with Gasteiger partial charge in [-0.2, -0.15) is 0 Å². The Labute approximate surface area is 125 Å². The van der Waals surface area contributed by atoms with Gasteiger partial charge < -0.3 is 10.4 Å². The number of nitrogens with one attached hydrogen (secondary N) is 1. The molecule has 2 N–H and O–H groups in total. The van der Waals surface area contributed by atoms with E-state index in [9.17, 15) is 9.90 Å². The van der Waals surface area contributed by atoms with Crippen LogP contribution in [0.5, 0.6) is 0 Å². The number of hydrogen-bond acceptors (Lipinski definition) is 2. The molecule has 0 spiro atoms. The van der Waals surface area contributed by atoms with Crippen molar-refractivity contribution in [3.05, 3.63) is 71.8 Å². The van der Waals surface area contributed by atoms with Crippen LogP contribution in [-0.4, -0.2) is 17.6 Å². The molecule has 0 atom stereocenters. The molecule has 0 bridgehead atoms. The maximum Gasteiger partial charge on any atom is 0.310 e. The fraction of sp³-hybridized carbons (Fsp3) is 0.278. The molecule has 3 nitrogen and oxygen atoms in total. The molecule has 21 heavy (non-hydrogen) atoms. The Morgan fingerprint density at radius 1 is 1.00 bits per heavy atom. The minimum Gasteiger partial charge on any atom is -0.481 e. The van der Waals surface area contributed by atoms with Gasteiger partial charge in [0.05, 0.1) is 11.5 Å². The molecule has 0 aliphatic carbocycles. The highest BCUT2D eigenvalue weighted by atomic mass is 16.4. The molecule has 0 aliphatic heterocycles. The zero-order valence-electron chi connectivity index (χ0n) is 12.4. The van der Waals surface area contributed by atoms with E-state index in [0.717, 1.165) is 11.1 Å². The molecule has 0 aliphatic rings. The smallest absolute Gasteiger partial charge is 0.310 e. The molecule has 110 valence electrons. The molecule has 0 unspecified atom stereocenters. The average Bonchev–Trinajstić information content (AvgIpc) is 2.49. The van der Waals surface area contributed by atoms with Crippen molar-refractivity contribution in [2.24, 2.45) is 5.41 Å². The highest BCUT2D eigenvalue weighted by Crippen LogP contribution is 2.23. The molecule has 0 radical (unpaired) electrons. The van der Waals surface area contributed by atoms with Gasteiger partial charge in [-0.15, -0.1) is 0 Å². The number of benzene rings is 2. The van der Waals surface area contributed by atoms with Crippen molar-refractivity contribution in [1.82, 2.24) is 5.32 Å². The maximum absolute atomic E-state index is 11.3. The fourth-order valence-corrected chi connectivity index (χ4v) is 2.15. The lowest BCUT2D eigenvalue weighted by atomic mass is 9.91. The van der Waals surface area contributed by atoms with Crippen LogP contribution in [0, 0.1) is 5.41 Å². The average molecular weight is 283 g/mol. The summed E-state index contributed by atoms with van der Waals surface area (Å²) in [4.78, 5) is 11.3. The van der Waals surface area contributed by atoms with Gasteiger partial charge in [0.15, 0.2) is 0 Å². The van der Waals surface area contributed by atoms with Crippen molar-refractivity contribution in [2.45, 2.75) is 19.9 Å². The summed E-state index contributed by atoms with van der Waals surface area (Å²) >= 11 is 0. The van der Waals surface area contributed by atoms with Gasteiger partial charge in [0.1, 0.15) is 0 Å². The van der Waals surface area contributed by atoms with Gasteiger partial charge in [0.2, 0.25) is 0 Å². The first-order valence-electron chi connectivity index (χ1n) is 7.07. The van der Waals surface area contributed by atoms with Crippen molar-refractivity contribution in [3.8, 4) is 0 Å². The zero-order chi connectivity index (χ0) is 15.3. The third kappa shape index (κ3) is 3.92. The maximum atomic E-state index is 11.3. The molecule has 0 amide bonds. The van der Waals surface area contributed by atoms with Crippen LogP contribution >= 0.6 is 0 Å². The Morgan fingerprint density at radius 2 is 1.43 bits per heavy atom. The number of carboxylic acid groups (broad SMARTS) is 1. The highest BCUT2D eigenvalue weighted by Gasteiger charge is 2.28. The molecular formula is C18H21NO2. The van der Waals surface area contributed by atoms with Gasteiger partial charge in [-0.1, -0.05) is 60.7 Å². The Hall–Kier alpha value is -2.13. The lowest BCUT2D eigenvalue weighted by Gasteiger charge is -2.25. The topological polar surface area (TPSA) is 49.3 Å². The lowest BCUT2D eigenvalue weighted by molar-refractivity contribution is -0.146. The van der Waals surface area contributed by atoms with Crippen LogP contribution in [0.4, 0.5) is 0 Å². The normalized spacial score (nSPS) is 11.6. The van der Waals surface area contributed by atoms with Crippen LogP contribution < -0.4 is 5.32 Å². The molecule has 2 rings (SSSR count). The molecule has 0 saturated heterocycles. The minimum absolute atomic E-state index is 0.00831. The van der Waals surface area contributed by atoms with E-state index >= 15 is 0 Å². The van der Waals surface area contributed by atoms with Crippen LogP contribution in [-0.2, 0) is 4.79 Å². The first-order chi connectivity index (χ1) is 10.0. The molecule has 3 heteroatoms. The van der Waals surface area contributed by atoms with E-state index < -0.39 is 11.4 Å². The zero-order valence-corrected chi connectivity index (χ0v) is 12.4. The summed E-state index contributed by atoms with van der Waals surface area (Å²) in [5, 5.41) is 12.6. The van der Waals surface area contributed by atoms with Gasteiger partial charge in [-0.05, 0) is 25.0 Å². The lowest BCUT2D eigenvalue weighted by Crippen LogP contribution is -2.38. The van der Waals surface area contributed by atoms with Crippen molar-refractivity contribution in [2.75, 3.05) is 6.54 Å². The Kier molecular flexibility index (Phi) is 4.76. The first kappa shape index (κ1) is 15.3. The Morgan fingerprint density at radius 3 is 1.81 bits per heavy atom. The van der Waals surface area contributed by atoms with E-state index in [-0.39, 0.29) is 6.04 Å². The van der Waals surface area contributed by atoms with Gasteiger partial charge in [0.25, 0.3) is 0 Å². The van der Waals surface area contributed by atoms with E-state index in [2.05, 4.69) is 29.6 Å². The van der Waals surface area contributed by atoms with E-state index in [1.807, 2.05) is 36.4 Å². The summed E-state index contributed by atoms with van der Waals surface area (Å²) in [6, 6.07) is 20.1. The highest BCUT2D eigenvalue weighted by molar-refractivity contribution is 5.73.